The molecule has 0 atom stereocenters. The first-order valence-corrected chi connectivity index (χ1v) is 8.35. The molecule has 0 aliphatic rings. The molecule has 1 N–H and O–H groups in total. The summed E-state index contributed by atoms with van der Waals surface area (Å²) in [5, 5.41) is 12.2. The van der Waals surface area contributed by atoms with Gasteiger partial charge in [-0.2, -0.15) is 0 Å². The van der Waals surface area contributed by atoms with Crippen molar-refractivity contribution in [2.75, 3.05) is 31.7 Å². The second-order valence-corrected chi connectivity index (χ2v) is 5.73. The highest BCUT2D eigenvalue weighted by atomic mass is 32.1. The van der Waals surface area contributed by atoms with Gasteiger partial charge in [0.25, 0.3) is 5.91 Å². The Kier molecular flexibility index (Phi) is 9.94. The van der Waals surface area contributed by atoms with Crippen molar-refractivity contribution >= 4 is 22.4 Å². The zero-order chi connectivity index (χ0) is 15.3. The van der Waals surface area contributed by atoms with Crippen LogP contribution in [0.3, 0.4) is 0 Å². The number of aromatic nitrogens is 2. The van der Waals surface area contributed by atoms with Crippen LogP contribution >= 0.6 is 11.3 Å². The van der Waals surface area contributed by atoms with E-state index in [0.717, 1.165) is 43.7 Å². The van der Waals surface area contributed by atoms with E-state index in [-0.39, 0.29) is 12.5 Å². The molecule has 0 unspecified atom stereocenters. The molecule has 0 radical (unpaired) electrons. The minimum absolute atomic E-state index is 0.0149. The van der Waals surface area contributed by atoms with E-state index in [9.17, 15) is 4.79 Å². The maximum Gasteiger partial charge on any atom is 0.252 e. The molecule has 0 aromatic carbocycles. The molecule has 6 nitrogen and oxygen atoms in total. The average molecular weight is 315 g/mol. The van der Waals surface area contributed by atoms with Crippen LogP contribution in [0.1, 0.15) is 44.5 Å². The fourth-order valence-electron chi connectivity index (χ4n) is 1.52. The number of amides is 1. The first-order chi connectivity index (χ1) is 10.3. The second kappa shape index (κ2) is 11.6. The Labute approximate surface area is 130 Å². The Morgan fingerprint density at radius 1 is 1.10 bits per heavy atom. The number of nitrogens with one attached hydrogen (secondary N) is 1. The predicted molar refractivity (Wildman–Crippen MR) is 83.7 cm³/mol. The fraction of sp³-hybridized carbons (Fsp3) is 0.786. The number of hydrogen-bond donors (Lipinski definition) is 1. The van der Waals surface area contributed by atoms with Crippen LogP contribution in [0.2, 0.25) is 0 Å². The van der Waals surface area contributed by atoms with Gasteiger partial charge in [0.2, 0.25) is 5.13 Å². The van der Waals surface area contributed by atoms with Crippen molar-refractivity contribution in [2.45, 2.75) is 46.0 Å². The molecular formula is C14H25N3O3S. The molecule has 1 aromatic heterocycles. The van der Waals surface area contributed by atoms with Gasteiger partial charge < -0.3 is 9.47 Å². The van der Waals surface area contributed by atoms with Crippen molar-refractivity contribution in [1.82, 2.24) is 10.2 Å². The SMILES string of the molecule is CCCCOCCOCC(=O)Nc1nnc(CCCC)s1. The number of carbonyl (C=O) groups is 1. The number of anilines is 1. The lowest BCUT2D eigenvalue weighted by atomic mass is 10.3. The van der Waals surface area contributed by atoms with E-state index in [1.54, 1.807) is 0 Å². The zero-order valence-corrected chi connectivity index (χ0v) is 13.7. The first-order valence-electron chi connectivity index (χ1n) is 7.54. The molecule has 7 heteroatoms. The van der Waals surface area contributed by atoms with Gasteiger partial charge in [0.15, 0.2) is 0 Å². The monoisotopic (exact) mass is 315 g/mol. The van der Waals surface area contributed by atoms with E-state index in [4.69, 9.17) is 9.47 Å². The lowest BCUT2D eigenvalue weighted by Gasteiger charge is -2.04. The number of nitrogens with zero attached hydrogens (tertiary/aromatic N) is 2. The molecule has 120 valence electrons. The van der Waals surface area contributed by atoms with E-state index < -0.39 is 0 Å². The lowest BCUT2D eigenvalue weighted by Crippen LogP contribution is -2.19. The highest BCUT2D eigenvalue weighted by molar-refractivity contribution is 7.15. The third-order valence-corrected chi connectivity index (χ3v) is 3.60. The maximum atomic E-state index is 11.6. The third kappa shape index (κ3) is 8.75. The molecule has 0 aliphatic heterocycles. The molecule has 0 aliphatic carbocycles. The summed E-state index contributed by atoms with van der Waals surface area (Å²) < 4.78 is 10.6. The molecule has 0 spiro atoms. The van der Waals surface area contributed by atoms with Crippen LogP contribution in [0.25, 0.3) is 0 Å². The van der Waals surface area contributed by atoms with Gasteiger partial charge in [-0.25, -0.2) is 0 Å². The Balaban J connectivity index is 2.09. The summed E-state index contributed by atoms with van der Waals surface area (Å²) in [4.78, 5) is 11.6. The van der Waals surface area contributed by atoms with Crippen LogP contribution < -0.4 is 5.32 Å². The molecule has 1 amide bonds. The summed E-state index contributed by atoms with van der Waals surface area (Å²) in [6.45, 7) is 5.96. The van der Waals surface area contributed by atoms with Crippen LogP contribution in [-0.2, 0) is 20.7 Å². The molecule has 1 rings (SSSR count). The quantitative estimate of drug-likeness (QED) is 0.600. The molecule has 0 bridgehead atoms. The number of ether oxygens (including phenoxy) is 2. The predicted octanol–water partition coefficient (Wildman–Crippen LogP) is 2.65. The molecule has 21 heavy (non-hydrogen) atoms. The first kappa shape index (κ1) is 18.0. The van der Waals surface area contributed by atoms with E-state index in [2.05, 4.69) is 29.4 Å². The second-order valence-electron chi connectivity index (χ2n) is 4.67. The van der Waals surface area contributed by atoms with Crippen molar-refractivity contribution in [3.05, 3.63) is 5.01 Å². The Bertz CT molecular complexity index is 399. The van der Waals surface area contributed by atoms with Gasteiger partial charge in [0, 0.05) is 13.0 Å². The van der Waals surface area contributed by atoms with Gasteiger partial charge in [0.1, 0.15) is 11.6 Å². The van der Waals surface area contributed by atoms with Crippen LogP contribution in [0.15, 0.2) is 0 Å². The Morgan fingerprint density at radius 2 is 1.86 bits per heavy atom. The minimum Gasteiger partial charge on any atom is -0.379 e. The average Bonchev–Trinajstić information content (AvgIpc) is 2.91. The van der Waals surface area contributed by atoms with Crippen molar-refractivity contribution in [2.24, 2.45) is 0 Å². The van der Waals surface area contributed by atoms with Gasteiger partial charge in [-0.1, -0.05) is 38.0 Å². The van der Waals surface area contributed by atoms with Gasteiger partial charge in [0.05, 0.1) is 13.2 Å². The summed E-state index contributed by atoms with van der Waals surface area (Å²) in [6.07, 6.45) is 5.29. The van der Waals surface area contributed by atoms with Gasteiger partial charge in [-0.15, -0.1) is 10.2 Å². The lowest BCUT2D eigenvalue weighted by molar-refractivity contribution is -0.121. The summed E-state index contributed by atoms with van der Waals surface area (Å²) in [5.41, 5.74) is 0. The van der Waals surface area contributed by atoms with E-state index in [0.29, 0.717) is 18.3 Å². The minimum atomic E-state index is -0.207. The van der Waals surface area contributed by atoms with E-state index >= 15 is 0 Å². The summed E-state index contributed by atoms with van der Waals surface area (Å²) in [6, 6.07) is 0. The van der Waals surface area contributed by atoms with Gasteiger partial charge in [-0.3, -0.25) is 10.1 Å². The van der Waals surface area contributed by atoms with E-state index in [1.165, 1.54) is 11.3 Å². The molecule has 1 heterocycles. The summed E-state index contributed by atoms with van der Waals surface area (Å²) in [5.74, 6) is -0.207. The Morgan fingerprint density at radius 3 is 2.62 bits per heavy atom. The summed E-state index contributed by atoms with van der Waals surface area (Å²) >= 11 is 1.42. The topological polar surface area (TPSA) is 73.3 Å². The molecule has 0 fully saturated rings. The maximum absolute atomic E-state index is 11.6. The van der Waals surface area contributed by atoms with Crippen molar-refractivity contribution < 1.29 is 14.3 Å². The van der Waals surface area contributed by atoms with Crippen LogP contribution in [0.5, 0.6) is 0 Å². The largest absolute Gasteiger partial charge is 0.379 e. The fourth-order valence-corrected chi connectivity index (χ4v) is 2.32. The smallest absolute Gasteiger partial charge is 0.252 e. The van der Waals surface area contributed by atoms with E-state index in [1.807, 2.05) is 0 Å². The number of hydrogen-bond acceptors (Lipinski definition) is 6. The highest BCUT2D eigenvalue weighted by Gasteiger charge is 2.08. The number of carbonyl (C=O) groups excluding carboxylic acids is 1. The Hall–Kier alpha value is -1.05. The number of rotatable bonds is 12. The number of aryl methyl sites for hydroxylation is 1. The van der Waals surface area contributed by atoms with Crippen molar-refractivity contribution in [3.8, 4) is 0 Å². The zero-order valence-electron chi connectivity index (χ0n) is 12.9. The van der Waals surface area contributed by atoms with Crippen LogP contribution in [0.4, 0.5) is 5.13 Å². The van der Waals surface area contributed by atoms with Crippen molar-refractivity contribution in [1.29, 1.82) is 0 Å². The van der Waals surface area contributed by atoms with Crippen molar-refractivity contribution in [3.63, 3.8) is 0 Å². The third-order valence-electron chi connectivity index (χ3n) is 2.70. The van der Waals surface area contributed by atoms with Gasteiger partial charge >= 0.3 is 0 Å². The van der Waals surface area contributed by atoms with Crippen LogP contribution in [0, 0.1) is 0 Å². The highest BCUT2D eigenvalue weighted by Crippen LogP contribution is 2.16. The van der Waals surface area contributed by atoms with Crippen LogP contribution in [-0.4, -0.2) is 42.5 Å². The standard InChI is InChI=1S/C14H25N3O3S/c1-3-5-7-13-16-17-14(21-13)15-12(18)11-20-10-9-19-8-6-4-2/h3-11H2,1-2H3,(H,15,17,18). The molecule has 0 saturated heterocycles. The number of unbranched alkanes of at least 4 members (excludes halogenated alkanes) is 2. The molecular weight excluding hydrogens is 290 g/mol. The molecule has 0 saturated carbocycles. The molecule has 1 aromatic rings. The summed E-state index contributed by atoms with van der Waals surface area (Å²) in [7, 11) is 0. The van der Waals surface area contributed by atoms with Gasteiger partial charge in [-0.05, 0) is 12.8 Å². The normalized spacial score (nSPS) is 10.8.